The van der Waals surface area contributed by atoms with Crippen molar-refractivity contribution in [2.75, 3.05) is 11.9 Å². The maximum absolute atomic E-state index is 12.0. The number of hydrogen-bond donors (Lipinski definition) is 2. The van der Waals surface area contributed by atoms with Gasteiger partial charge in [0.05, 0.1) is 13.0 Å². The number of nitrogens with one attached hydrogen (secondary N) is 1. The molecule has 110 valence electrons. The summed E-state index contributed by atoms with van der Waals surface area (Å²) in [4.78, 5) is 12.9. The average Bonchev–Trinajstić information content (AvgIpc) is 2.49. The van der Waals surface area contributed by atoms with Crippen molar-refractivity contribution >= 4 is 24.2 Å². The summed E-state index contributed by atoms with van der Waals surface area (Å²) < 4.78 is 5.50. The minimum Gasteiger partial charge on any atom is -0.494 e. The van der Waals surface area contributed by atoms with Crippen molar-refractivity contribution in [2.24, 2.45) is 0 Å². The molecule has 0 atom stereocenters. The molecular formula is C17H19NO2S. The highest BCUT2D eigenvalue weighted by Crippen LogP contribution is 2.16. The van der Waals surface area contributed by atoms with E-state index in [4.69, 9.17) is 4.74 Å². The zero-order valence-corrected chi connectivity index (χ0v) is 12.9. The summed E-state index contributed by atoms with van der Waals surface area (Å²) in [5.41, 5.74) is 1.74. The first-order valence-electron chi connectivity index (χ1n) is 6.98. The van der Waals surface area contributed by atoms with E-state index in [9.17, 15) is 4.79 Å². The van der Waals surface area contributed by atoms with Gasteiger partial charge in [0, 0.05) is 10.6 Å². The standard InChI is InChI=1S/C17H19NO2S/c1-2-11-20-15-7-5-14(6-8-15)18-17(19)12-13-3-9-16(21)10-4-13/h3-10,21H,2,11-12H2,1H3,(H,18,19). The molecule has 4 heteroatoms. The normalized spacial score (nSPS) is 10.2. The number of hydrogen-bond acceptors (Lipinski definition) is 3. The van der Waals surface area contributed by atoms with Crippen LogP contribution in [-0.4, -0.2) is 12.5 Å². The molecule has 21 heavy (non-hydrogen) atoms. The predicted molar refractivity (Wildman–Crippen MR) is 88.3 cm³/mol. The van der Waals surface area contributed by atoms with E-state index < -0.39 is 0 Å². The lowest BCUT2D eigenvalue weighted by atomic mass is 10.1. The monoisotopic (exact) mass is 301 g/mol. The van der Waals surface area contributed by atoms with Gasteiger partial charge in [0.1, 0.15) is 5.75 Å². The molecule has 0 aliphatic carbocycles. The van der Waals surface area contributed by atoms with Crippen LogP contribution in [0.1, 0.15) is 18.9 Å². The molecule has 0 heterocycles. The molecule has 2 rings (SSSR count). The van der Waals surface area contributed by atoms with Gasteiger partial charge < -0.3 is 10.1 Å². The molecule has 0 aliphatic heterocycles. The Balaban J connectivity index is 1.88. The van der Waals surface area contributed by atoms with E-state index in [0.717, 1.165) is 28.3 Å². The van der Waals surface area contributed by atoms with Crippen LogP contribution in [0.4, 0.5) is 5.69 Å². The van der Waals surface area contributed by atoms with Gasteiger partial charge >= 0.3 is 0 Å². The van der Waals surface area contributed by atoms with Gasteiger partial charge in [-0.1, -0.05) is 19.1 Å². The van der Waals surface area contributed by atoms with Gasteiger partial charge in [0.25, 0.3) is 0 Å². The highest BCUT2D eigenvalue weighted by Gasteiger charge is 2.04. The van der Waals surface area contributed by atoms with Crippen molar-refractivity contribution in [3.8, 4) is 5.75 Å². The van der Waals surface area contributed by atoms with Crippen molar-refractivity contribution in [3.63, 3.8) is 0 Å². The van der Waals surface area contributed by atoms with Gasteiger partial charge in [-0.3, -0.25) is 4.79 Å². The highest BCUT2D eigenvalue weighted by atomic mass is 32.1. The Hall–Kier alpha value is -1.94. The van der Waals surface area contributed by atoms with Gasteiger partial charge in [-0.25, -0.2) is 0 Å². The Morgan fingerprint density at radius 2 is 1.76 bits per heavy atom. The second-order valence-electron chi connectivity index (χ2n) is 4.76. The van der Waals surface area contributed by atoms with Crippen LogP contribution in [0, 0.1) is 0 Å². The van der Waals surface area contributed by atoms with Gasteiger partial charge in [0.2, 0.25) is 5.91 Å². The van der Waals surface area contributed by atoms with Crippen LogP contribution in [0.25, 0.3) is 0 Å². The minimum atomic E-state index is -0.0378. The quantitative estimate of drug-likeness (QED) is 0.793. The fraction of sp³-hybridized carbons (Fsp3) is 0.235. The summed E-state index contributed by atoms with van der Waals surface area (Å²) in [5, 5.41) is 2.87. The topological polar surface area (TPSA) is 38.3 Å². The van der Waals surface area contributed by atoms with Crippen molar-refractivity contribution in [3.05, 3.63) is 54.1 Å². The van der Waals surface area contributed by atoms with Crippen LogP contribution in [0.3, 0.4) is 0 Å². The van der Waals surface area contributed by atoms with Gasteiger partial charge in [-0.2, -0.15) is 0 Å². The smallest absolute Gasteiger partial charge is 0.228 e. The highest BCUT2D eigenvalue weighted by molar-refractivity contribution is 7.80. The lowest BCUT2D eigenvalue weighted by molar-refractivity contribution is -0.115. The van der Waals surface area contributed by atoms with E-state index in [1.54, 1.807) is 0 Å². The van der Waals surface area contributed by atoms with Crippen LogP contribution in [-0.2, 0) is 11.2 Å². The Morgan fingerprint density at radius 1 is 1.10 bits per heavy atom. The van der Waals surface area contributed by atoms with Crippen molar-refractivity contribution in [2.45, 2.75) is 24.7 Å². The average molecular weight is 301 g/mol. The first-order valence-corrected chi connectivity index (χ1v) is 7.42. The van der Waals surface area contributed by atoms with E-state index in [1.165, 1.54) is 0 Å². The predicted octanol–water partition coefficient (Wildman–Crippen LogP) is 3.95. The van der Waals surface area contributed by atoms with Crippen molar-refractivity contribution < 1.29 is 9.53 Å². The lowest BCUT2D eigenvalue weighted by Gasteiger charge is -2.08. The van der Waals surface area contributed by atoms with Crippen molar-refractivity contribution in [1.29, 1.82) is 0 Å². The largest absolute Gasteiger partial charge is 0.494 e. The fourth-order valence-corrected chi connectivity index (χ4v) is 2.01. The van der Waals surface area contributed by atoms with Gasteiger partial charge in [-0.05, 0) is 48.4 Å². The van der Waals surface area contributed by atoms with Crippen LogP contribution >= 0.6 is 12.6 Å². The number of carbonyl (C=O) groups is 1. The number of carbonyl (C=O) groups excluding carboxylic acids is 1. The first-order chi connectivity index (χ1) is 10.2. The van der Waals surface area contributed by atoms with E-state index in [-0.39, 0.29) is 5.91 Å². The molecule has 1 amide bonds. The van der Waals surface area contributed by atoms with Crippen molar-refractivity contribution in [1.82, 2.24) is 0 Å². The molecule has 0 aromatic heterocycles. The molecule has 2 aromatic carbocycles. The Labute approximate surface area is 130 Å². The molecule has 0 bridgehead atoms. The summed E-state index contributed by atoms with van der Waals surface area (Å²) >= 11 is 4.22. The summed E-state index contributed by atoms with van der Waals surface area (Å²) in [7, 11) is 0. The second kappa shape index (κ2) is 7.74. The minimum absolute atomic E-state index is 0.0378. The zero-order valence-electron chi connectivity index (χ0n) is 12.0. The third kappa shape index (κ3) is 5.16. The maximum Gasteiger partial charge on any atom is 0.228 e. The third-order valence-corrected chi connectivity index (χ3v) is 3.21. The lowest BCUT2D eigenvalue weighted by Crippen LogP contribution is -2.14. The number of rotatable bonds is 6. The van der Waals surface area contributed by atoms with Crippen LogP contribution in [0.15, 0.2) is 53.4 Å². The number of amides is 1. The summed E-state index contributed by atoms with van der Waals surface area (Å²) in [5.74, 6) is 0.781. The van der Waals surface area contributed by atoms with E-state index in [2.05, 4.69) is 24.9 Å². The molecule has 0 unspecified atom stereocenters. The number of benzene rings is 2. The zero-order chi connectivity index (χ0) is 15.1. The number of anilines is 1. The third-order valence-electron chi connectivity index (χ3n) is 2.91. The molecule has 0 spiro atoms. The molecular weight excluding hydrogens is 282 g/mol. The van der Waals surface area contributed by atoms with Crippen LogP contribution in [0.5, 0.6) is 5.75 Å². The summed E-state index contributed by atoms with van der Waals surface area (Å²) in [6, 6.07) is 15.0. The maximum atomic E-state index is 12.0. The second-order valence-corrected chi connectivity index (χ2v) is 5.28. The van der Waals surface area contributed by atoms with E-state index in [0.29, 0.717) is 13.0 Å². The molecule has 3 nitrogen and oxygen atoms in total. The van der Waals surface area contributed by atoms with E-state index in [1.807, 2.05) is 48.5 Å². The Bertz CT molecular complexity index is 579. The Kier molecular flexibility index (Phi) is 5.69. The molecule has 0 saturated carbocycles. The summed E-state index contributed by atoms with van der Waals surface area (Å²) in [6.45, 7) is 2.77. The van der Waals surface area contributed by atoms with Gasteiger partial charge in [0.15, 0.2) is 0 Å². The SMILES string of the molecule is CCCOc1ccc(NC(=O)Cc2ccc(S)cc2)cc1. The first kappa shape index (κ1) is 15.4. The van der Waals surface area contributed by atoms with Crippen LogP contribution in [0.2, 0.25) is 0 Å². The summed E-state index contributed by atoms with van der Waals surface area (Å²) in [6.07, 6.45) is 1.33. The molecule has 0 saturated heterocycles. The van der Waals surface area contributed by atoms with Crippen LogP contribution < -0.4 is 10.1 Å². The molecule has 0 aliphatic rings. The Morgan fingerprint density at radius 3 is 2.38 bits per heavy atom. The number of thiol groups is 1. The van der Waals surface area contributed by atoms with E-state index >= 15 is 0 Å². The molecule has 0 radical (unpaired) electrons. The molecule has 2 aromatic rings. The molecule has 1 N–H and O–H groups in total. The fourth-order valence-electron chi connectivity index (χ4n) is 1.86. The molecule has 0 fully saturated rings. The van der Waals surface area contributed by atoms with Gasteiger partial charge in [-0.15, -0.1) is 12.6 Å². The number of ether oxygens (including phenoxy) is 1.